The van der Waals surface area contributed by atoms with Crippen LogP contribution in [0, 0.1) is 0 Å². The van der Waals surface area contributed by atoms with Crippen molar-refractivity contribution >= 4 is 23.2 Å². The second kappa shape index (κ2) is 5.69. The first-order valence-corrected chi connectivity index (χ1v) is 6.81. The first-order chi connectivity index (χ1) is 9.41. The predicted molar refractivity (Wildman–Crippen MR) is 82.2 cm³/mol. The minimum absolute atomic E-state index is 0.302. The Labute approximate surface area is 123 Å². The summed E-state index contributed by atoms with van der Waals surface area (Å²) >= 11 is 6.08. The minimum Gasteiger partial charge on any atom is -0.366 e. The zero-order valence-electron chi connectivity index (χ0n) is 11.5. The predicted octanol–water partition coefficient (Wildman–Crippen LogP) is 2.41. The van der Waals surface area contributed by atoms with Crippen molar-refractivity contribution in [3.8, 4) is 0 Å². The molecule has 1 aliphatic rings. The van der Waals surface area contributed by atoms with Crippen molar-refractivity contribution in [1.29, 1.82) is 0 Å². The Hall–Kier alpha value is -1.78. The average molecular weight is 292 g/mol. The molecule has 4 N–H and O–H groups in total. The van der Waals surface area contributed by atoms with Gasteiger partial charge in [0.2, 0.25) is 5.91 Å². The number of nitrogens with two attached hydrogens (primary N) is 2. The number of hydrogen-bond donors (Lipinski definition) is 2. The number of anilines is 1. The van der Waals surface area contributed by atoms with Crippen molar-refractivity contribution in [2.75, 3.05) is 4.90 Å². The van der Waals surface area contributed by atoms with Gasteiger partial charge in [-0.1, -0.05) is 43.6 Å². The quantitative estimate of drug-likeness (QED) is 0.898. The van der Waals surface area contributed by atoms with Crippen LogP contribution in [0.2, 0.25) is 0 Å². The van der Waals surface area contributed by atoms with E-state index in [2.05, 4.69) is 13.8 Å². The Kier molecular flexibility index (Phi) is 4.16. The van der Waals surface area contributed by atoms with Gasteiger partial charge in [0.25, 0.3) is 0 Å². The molecular formula is C15H18ClN3O. The Morgan fingerprint density at radius 3 is 2.60 bits per heavy atom. The van der Waals surface area contributed by atoms with Crippen LogP contribution in [-0.2, 0) is 4.79 Å². The summed E-state index contributed by atoms with van der Waals surface area (Å²) in [6, 6.07) is 7.90. The molecule has 1 aromatic rings. The molecule has 20 heavy (non-hydrogen) atoms. The van der Waals surface area contributed by atoms with Gasteiger partial charge in [-0.25, -0.2) is 0 Å². The van der Waals surface area contributed by atoms with E-state index in [0.29, 0.717) is 16.5 Å². The van der Waals surface area contributed by atoms with Gasteiger partial charge in [0.15, 0.2) is 0 Å². The molecule has 1 amide bonds. The Bertz CT molecular complexity index is 593. The fourth-order valence-electron chi connectivity index (χ4n) is 2.28. The molecule has 106 valence electrons. The summed E-state index contributed by atoms with van der Waals surface area (Å²) in [5.41, 5.74) is 13.9. The van der Waals surface area contributed by atoms with Gasteiger partial charge in [-0.3, -0.25) is 4.79 Å². The molecule has 4 nitrogen and oxygen atoms in total. The molecule has 1 aliphatic heterocycles. The number of carbonyl (C=O) groups is 1. The van der Waals surface area contributed by atoms with E-state index in [1.165, 1.54) is 6.08 Å². The zero-order chi connectivity index (χ0) is 14.9. The summed E-state index contributed by atoms with van der Waals surface area (Å²) in [7, 11) is 0. The van der Waals surface area contributed by atoms with E-state index in [1.807, 2.05) is 24.3 Å². The van der Waals surface area contributed by atoms with Crippen LogP contribution in [0.3, 0.4) is 0 Å². The van der Waals surface area contributed by atoms with Crippen LogP contribution < -0.4 is 16.4 Å². The van der Waals surface area contributed by atoms with Crippen LogP contribution >= 0.6 is 11.6 Å². The lowest BCUT2D eigenvalue weighted by atomic mass is 9.99. The summed E-state index contributed by atoms with van der Waals surface area (Å²) in [6.07, 6.45) is 2.61. The molecule has 1 aromatic carbocycles. The molecule has 1 heterocycles. The molecule has 0 aliphatic carbocycles. The number of rotatable bonds is 3. The molecule has 0 radical (unpaired) electrons. The lowest BCUT2D eigenvalue weighted by molar-refractivity contribution is -0.114. The number of halogens is 1. The number of nitrogens with zero attached hydrogens (tertiary/aromatic N) is 1. The van der Waals surface area contributed by atoms with Crippen LogP contribution in [0.4, 0.5) is 5.69 Å². The normalized spacial score (nSPS) is 18.9. The molecule has 0 aromatic heterocycles. The van der Waals surface area contributed by atoms with Gasteiger partial charge in [-0.15, -0.1) is 0 Å². The first-order valence-electron chi connectivity index (χ1n) is 6.43. The van der Waals surface area contributed by atoms with E-state index in [-0.39, 0.29) is 0 Å². The maximum absolute atomic E-state index is 11.5. The molecule has 0 spiro atoms. The molecule has 0 saturated carbocycles. The Balaban J connectivity index is 2.49. The number of primary amides is 1. The van der Waals surface area contributed by atoms with Gasteiger partial charge in [-0.2, -0.15) is 0 Å². The fraction of sp³-hybridized carbons (Fsp3) is 0.267. The van der Waals surface area contributed by atoms with E-state index >= 15 is 0 Å². The molecule has 0 fully saturated rings. The monoisotopic (exact) mass is 291 g/mol. The number of allylic oxidation sites excluding steroid dienone is 2. The molecule has 1 unspecified atom stereocenters. The third-order valence-electron chi connectivity index (χ3n) is 3.30. The minimum atomic E-state index is -0.630. The van der Waals surface area contributed by atoms with Gasteiger partial charge in [0.1, 0.15) is 6.17 Å². The smallest absolute Gasteiger partial charge is 0.248 e. The van der Waals surface area contributed by atoms with Crippen molar-refractivity contribution in [3.05, 3.63) is 52.7 Å². The lowest BCUT2D eigenvalue weighted by Gasteiger charge is -2.33. The largest absolute Gasteiger partial charge is 0.366 e. The summed E-state index contributed by atoms with van der Waals surface area (Å²) in [4.78, 5) is 13.3. The number of benzene rings is 1. The maximum Gasteiger partial charge on any atom is 0.248 e. The summed E-state index contributed by atoms with van der Waals surface area (Å²) in [5.74, 6) is -0.232. The highest BCUT2D eigenvalue weighted by Gasteiger charge is 2.27. The Morgan fingerprint density at radius 1 is 1.35 bits per heavy atom. The molecule has 2 rings (SSSR count). The third kappa shape index (κ3) is 2.71. The van der Waals surface area contributed by atoms with Gasteiger partial charge in [0, 0.05) is 11.9 Å². The second-order valence-corrected chi connectivity index (χ2v) is 5.48. The molecule has 5 heteroatoms. The molecule has 1 atom stereocenters. The second-order valence-electron chi connectivity index (χ2n) is 5.04. The highest BCUT2D eigenvalue weighted by molar-refractivity contribution is 6.32. The third-order valence-corrected chi connectivity index (χ3v) is 3.50. The number of hydrogen-bond acceptors (Lipinski definition) is 3. The van der Waals surface area contributed by atoms with Gasteiger partial charge < -0.3 is 16.4 Å². The van der Waals surface area contributed by atoms with Gasteiger partial charge in [0.05, 0.1) is 10.6 Å². The van der Waals surface area contributed by atoms with Gasteiger partial charge in [-0.05, 0) is 23.6 Å². The molecule has 0 saturated heterocycles. The van der Waals surface area contributed by atoms with Crippen LogP contribution in [0.15, 0.2) is 47.1 Å². The van der Waals surface area contributed by atoms with E-state index in [1.54, 1.807) is 11.1 Å². The maximum atomic E-state index is 11.5. The van der Waals surface area contributed by atoms with Crippen LogP contribution in [0.25, 0.3) is 0 Å². The van der Waals surface area contributed by atoms with Crippen molar-refractivity contribution in [2.45, 2.75) is 25.9 Å². The zero-order valence-corrected chi connectivity index (χ0v) is 12.3. The Morgan fingerprint density at radius 2 is 2.00 bits per heavy atom. The summed E-state index contributed by atoms with van der Waals surface area (Å²) < 4.78 is 0. The van der Waals surface area contributed by atoms with E-state index in [0.717, 1.165) is 11.3 Å². The van der Waals surface area contributed by atoms with Crippen LogP contribution in [-0.4, -0.2) is 12.1 Å². The lowest BCUT2D eigenvalue weighted by Crippen LogP contribution is -2.46. The van der Waals surface area contributed by atoms with Crippen molar-refractivity contribution < 1.29 is 4.79 Å². The summed E-state index contributed by atoms with van der Waals surface area (Å²) in [6.45, 7) is 4.20. The average Bonchev–Trinajstić information content (AvgIpc) is 2.40. The number of para-hydroxylation sites is 1. The number of amides is 1. The topological polar surface area (TPSA) is 72.3 Å². The van der Waals surface area contributed by atoms with Crippen molar-refractivity contribution in [3.63, 3.8) is 0 Å². The van der Waals surface area contributed by atoms with Crippen molar-refractivity contribution in [1.82, 2.24) is 0 Å². The van der Waals surface area contributed by atoms with Crippen LogP contribution in [0.5, 0.6) is 0 Å². The number of carbonyl (C=O) groups excluding carboxylic acids is 1. The van der Waals surface area contributed by atoms with E-state index in [9.17, 15) is 4.79 Å². The van der Waals surface area contributed by atoms with E-state index < -0.39 is 12.1 Å². The highest BCUT2D eigenvalue weighted by Crippen LogP contribution is 2.32. The van der Waals surface area contributed by atoms with Crippen molar-refractivity contribution in [2.24, 2.45) is 11.5 Å². The van der Waals surface area contributed by atoms with Crippen LogP contribution in [0.1, 0.15) is 25.3 Å². The molecule has 0 bridgehead atoms. The fourth-order valence-corrected chi connectivity index (χ4v) is 2.50. The highest BCUT2D eigenvalue weighted by atomic mass is 35.5. The SMILES string of the molecule is CC(C)c1ccccc1N1C=C(Cl)C=C(C(N)=O)C1N. The van der Waals surface area contributed by atoms with Gasteiger partial charge >= 0.3 is 0 Å². The molecular weight excluding hydrogens is 274 g/mol. The van der Waals surface area contributed by atoms with E-state index in [4.69, 9.17) is 23.1 Å². The first kappa shape index (κ1) is 14.6. The standard InChI is InChI=1S/C15H18ClN3O/c1-9(2)11-5-3-4-6-13(11)19-8-10(16)7-12(14(19)17)15(18)20/h3-9,14H,17H2,1-2H3,(H2,18,20). The summed E-state index contributed by atoms with van der Waals surface area (Å²) in [5, 5.41) is 0.430.